The maximum Gasteiger partial charge on any atom is 0.225 e. The highest BCUT2D eigenvalue weighted by Gasteiger charge is 2.26. The highest BCUT2D eigenvalue weighted by atomic mass is 16.1. The lowest BCUT2D eigenvalue weighted by Gasteiger charge is -2.38. The second-order valence-corrected chi connectivity index (χ2v) is 5.40. The van der Waals surface area contributed by atoms with Crippen molar-refractivity contribution in [1.29, 1.82) is 0 Å². The minimum absolute atomic E-state index is 0.536. The van der Waals surface area contributed by atoms with Gasteiger partial charge in [-0.3, -0.25) is 9.69 Å². The molecule has 0 unspecified atom stereocenters. The number of piperazine rings is 1. The van der Waals surface area contributed by atoms with Gasteiger partial charge in [-0.15, -0.1) is 0 Å². The molecule has 0 N–H and O–H groups in total. The Bertz CT molecular complexity index is 420. The van der Waals surface area contributed by atoms with Gasteiger partial charge in [-0.1, -0.05) is 12.8 Å². The third-order valence-electron chi connectivity index (χ3n) is 4.23. The summed E-state index contributed by atoms with van der Waals surface area (Å²) < 4.78 is 0. The van der Waals surface area contributed by atoms with Crippen molar-refractivity contribution in [3.63, 3.8) is 0 Å². The quantitative estimate of drug-likeness (QED) is 0.768. The van der Waals surface area contributed by atoms with Crippen LogP contribution in [0.5, 0.6) is 0 Å². The van der Waals surface area contributed by atoms with Gasteiger partial charge < -0.3 is 4.90 Å². The van der Waals surface area contributed by atoms with Gasteiger partial charge in [0, 0.05) is 44.6 Å². The van der Waals surface area contributed by atoms with Gasteiger partial charge in [0.05, 0.1) is 5.56 Å². The maximum atomic E-state index is 10.6. The number of carbonyl (C=O) groups is 1. The Labute approximate surface area is 113 Å². The molecule has 1 aromatic heterocycles. The van der Waals surface area contributed by atoms with E-state index in [1.807, 2.05) is 0 Å². The number of aromatic nitrogens is 2. The molecule has 5 nitrogen and oxygen atoms in total. The molecule has 3 rings (SSSR count). The van der Waals surface area contributed by atoms with Crippen LogP contribution in [0.25, 0.3) is 0 Å². The summed E-state index contributed by atoms with van der Waals surface area (Å²) in [5.74, 6) is 0.747. The number of carbonyl (C=O) groups excluding carboxylic acids is 1. The molecule has 1 aliphatic carbocycles. The zero-order valence-corrected chi connectivity index (χ0v) is 11.2. The molecule has 0 amide bonds. The van der Waals surface area contributed by atoms with Crippen molar-refractivity contribution in [2.24, 2.45) is 0 Å². The summed E-state index contributed by atoms with van der Waals surface area (Å²) >= 11 is 0. The first-order chi connectivity index (χ1) is 9.36. The van der Waals surface area contributed by atoms with E-state index >= 15 is 0 Å². The summed E-state index contributed by atoms with van der Waals surface area (Å²) in [6.07, 6.45) is 9.48. The number of rotatable bonds is 3. The van der Waals surface area contributed by atoms with Crippen LogP contribution in [0.1, 0.15) is 36.0 Å². The zero-order chi connectivity index (χ0) is 13.1. The Hall–Kier alpha value is -1.49. The molecule has 0 aromatic carbocycles. The maximum absolute atomic E-state index is 10.6. The first kappa shape index (κ1) is 12.5. The van der Waals surface area contributed by atoms with Crippen LogP contribution < -0.4 is 4.90 Å². The second-order valence-electron chi connectivity index (χ2n) is 5.40. The van der Waals surface area contributed by atoms with E-state index in [1.54, 1.807) is 12.4 Å². The van der Waals surface area contributed by atoms with Crippen LogP contribution in [-0.4, -0.2) is 53.4 Å². The van der Waals surface area contributed by atoms with Gasteiger partial charge in [0.15, 0.2) is 6.29 Å². The van der Waals surface area contributed by atoms with Crippen LogP contribution in [0.15, 0.2) is 12.4 Å². The monoisotopic (exact) mass is 260 g/mol. The molecule has 1 saturated carbocycles. The predicted octanol–water partition coefficient (Wildman–Crippen LogP) is 1.35. The summed E-state index contributed by atoms with van der Waals surface area (Å²) in [6.45, 7) is 4.17. The first-order valence-electron chi connectivity index (χ1n) is 7.13. The van der Waals surface area contributed by atoms with E-state index in [0.29, 0.717) is 5.56 Å². The number of anilines is 1. The Balaban J connectivity index is 1.58. The van der Waals surface area contributed by atoms with Crippen molar-refractivity contribution < 1.29 is 4.79 Å². The van der Waals surface area contributed by atoms with Gasteiger partial charge in [-0.25, -0.2) is 9.97 Å². The van der Waals surface area contributed by atoms with E-state index in [4.69, 9.17) is 0 Å². The van der Waals surface area contributed by atoms with Gasteiger partial charge in [0.25, 0.3) is 0 Å². The Kier molecular flexibility index (Phi) is 3.73. The molecular weight excluding hydrogens is 240 g/mol. The van der Waals surface area contributed by atoms with Crippen LogP contribution in [0.4, 0.5) is 5.95 Å². The Morgan fingerprint density at radius 1 is 1.05 bits per heavy atom. The van der Waals surface area contributed by atoms with E-state index in [9.17, 15) is 4.79 Å². The summed E-state index contributed by atoms with van der Waals surface area (Å²) in [6, 6.07) is 0.806. The number of aldehydes is 1. The molecule has 1 aromatic rings. The highest BCUT2D eigenvalue weighted by Crippen LogP contribution is 2.24. The molecule has 1 aliphatic heterocycles. The molecule has 5 heteroatoms. The topological polar surface area (TPSA) is 49.3 Å². The van der Waals surface area contributed by atoms with Crippen LogP contribution in [-0.2, 0) is 0 Å². The minimum Gasteiger partial charge on any atom is -0.338 e. The van der Waals surface area contributed by atoms with Crippen molar-refractivity contribution in [1.82, 2.24) is 14.9 Å². The van der Waals surface area contributed by atoms with Crippen molar-refractivity contribution >= 4 is 12.2 Å². The van der Waals surface area contributed by atoms with Crippen molar-refractivity contribution in [3.05, 3.63) is 18.0 Å². The number of hydrogen-bond donors (Lipinski definition) is 0. The first-order valence-corrected chi connectivity index (χ1v) is 7.13. The van der Waals surface area contributed by atoms with E-state index in [2.05, 4.69) is 19.8 Å². The molecule has 0 bridgehead atoms. The van der Waals surface area contributed by atoms with Crippen LogP contribution in [0, 0.1) is 0 Å². The molecular formula is C14H20N4O. The SMILES string of the molecule is O=Cc1cnc(N2CCN(C3CCCC3)CC2)nc1. The largest absolute Gasteiger partial charge is 0.338 e. The second kappa shape index (κ2) is 5.65. The summed E-state index contributed by atoms with van der Waals surface area (Å²) in [5, 5.41) is 0. The fourth-order valence-electron chi connectivity index (χ4n) is 3.11. The lowest BCUT2D eigenvalue weighted by molar-refractivity contribution is 0.112. The Morgan fingerprint density at radius 3 is 2.26 bits per heavy atom. The average molecular weight is 260 g/mol. The fraction of sp³-hybridized carbons (Fsp3) is 0.643. The number of hydrogen-bond acceptors (Lipinski definition) is 5. The van der Waals surface area contributed by atoms with Gasteiger partial charge in [0.2, 0.25) is 5.95 Å². The van der Waals surface area contributed by atoms with Crippen LogP contribution in [0.2, 0.25) is 0 Å². The normalized spacial score (nSPS) is 21.8. The predicted molar refractivity (Wildman–Crippen MR) is 73.5 cm³/mol. The van der Waals surface area contributed by atoms with E-state index in [1.165, 1.54) is 25.7 Å². The minimum atomic E-state index is 0.536. The molecule has 2 fully saturated rings. The van der Waals surface area contributed by atoms with Crippen molar-refractivity contribution in [2.45, 2.75) is 31.7 Å². The van der Waals surface area contributed by atoms with E-state index in [-0.39, 0.29) is 0 Å². The average Bonchev–Trinajstić information content (AvgIpc) is 3.02. The van der Waals surface area contributed by atoms with Gasteiger partial charge in [0.1, 0.15) is 0 Å². The fourth-order valence-corrected chi connectivity index (χ4v) is 3.11. The van der Waals surface area contributed by atoms with E-state index in [0.717, 1.165) is 44.5 Å². The molecule has 0 radical (unpaired) electrons. The smallest absolute Gasteiger partial charge is 0.225 e. The standard InChI is InChI=1S/C14H20N4O/c19-11-12-9-15-14(16-10-12)18-7-5-17(6-8-18)13-3-1-2-4-13/h9-11,13H,1-8H2. The zero-order valence-electron chi connectivity index (χ0n) is 11.2. The number of nitrogens with zero attached hydrogens (tertiary/aromatic N) is 4. The van der Waals surface area contributed by atoms with Crippen molar-refractivity contribution in [2.75, 3.05) is 31.1 Å². The summed E-state index contributed by atoms with van der Waals surface area (Å²) in [7, 11) is 0. The molecule has 102 valence electrons. The summed E-state index contributed by atoms with van der Waals surface area (Å²) in [4.78, 5) is 23.9. The lowest BCUT2D eigenvalue weighted by Crippen LogP contribution is -2.50. The molecule has 1 saturated heterocycles. The summed E-state index contributed by atoms with van der Waals surface area (Å²) in [5.41, 5.74) is 0.536. The Morgan fingerprint density at radius 2 is 1.68 bits per heavy atom. The molecule has 0 atom stereocenters. The third-order valence-corrected chi connectivity index (χ3v) is 4.23. The highest BCUT2D eigenvalue weighted by molar-refractivity contribution is 5.73. The van der Waals surface area contributed by atoms with Crippen LogP contribution >= 0.6 is 0 Å². The van der Waals surface area contributed by atoms with Crippen LogP contribution in [0.3, 0.4) is 0 Å². The lowest BCUT2D eigenvalue weighted by atomic mass is 10.2. The molecule has 0 spiro atoms. The molecule has 2 heterocycles. The van der Waals surface area contributed by atoms with Gasteiger partial charge in [-0.05, 0) is 12.8 Å². The van der Waals surface area contributed by atoms with Crippen molar-refractivity contribution in [3.8, 4) is 0 Å². The van der Waals surface area contributed by atoms with Gasteiger partial charge in [-0.2, -0.15) is 0 Å². The molecule has 19 heavy (non-hydrogen) atoms. The van der Waals surface area contributed by atoms with E-state index < -0.39 is 0 Å². The third kappa shape index (κ3) is 2.76. The molecule has 2 aliphatic rings. The van der Waals surface area contributed by atoms with Gasteiger partial charge >= 0.3 is 0 Å².